The van der Waals surface area contributed by atoms with Gasteiger partial charge in [0, 0.05) is 14.1 Å². The molecule has 0 aromatic heterocycles. The molecule has 17 heavy (non-hydrogen) atoms. The lowest BCUT2D eigenvalue weighted by Crippen LogP contribution is -2.37. The van der Waals surface area contributed by atoms with Gasteiger partial charge in [-0.05, 0) is 12.1 Å². The third-order valence-electron chi connectivity index (χ3n) is 1.86. The molecule has 0 atom stereocenters. The van der Waals surface area contributed by atoms with Crippen LogP contribution in [0.1, 0.15) is 20.7 Å². The molecule has 0 spiro atoms. The van der Waals surface area contributed by atoms with E-state index >= 15 is 0 Å². The SMILES string of the molecule is CN(C)NC(=O)c1cc(F)c(F)cc1C(=O)O. The highest BCUT2D eigenvalue weighted by Crippen LogP contribution is 2.15. The number of nitrogens with one attached hydrogen (secondary N) is 1. The second kappa shape index (κ2) is 4.88. The first-order valence-electron chi connectivity index (χ1n) is 4.53. The number of hydrazine groups is 1. The summed E-state index contributed by atoms with van der Waals surface area (Å²) < 4.78 is 25.8. The van der Waals surface area contributed by atoms with Crippen molar-refractivity contribution in [2.24, 2.45) is 0 Å². The Bertz CT molecular complexity index is 475. The van der Waals surface area contributed by atoms with Crippen molar-refractivity contribution in [3.05, 3.63) is 34.9 Å². The topological polar surface area (TPSA) is 69.6 Å². The Hall–Kier alpha value is -2.02. The minimum atomic E-state index is -1.51. The molecule has 92 valence electrons. The summed E-state index contributed by atoms with van der Waals surface area (Å²) in [7, 11) is 3.00. The number of hydrogen-bond acceptors (Lipinski definition) is 3. The number of carboxylic acids is 1. The van der Waals surface area contributed by atoms with E-state index in [1.54, 1.807) is 0 Å². The molecule has 2 N–H and O–H groups in total. The minimum absolute atomic E-state index is 0.440. The van der Waals surface area contributed by atoms with Crippen molar-refractivity contribution in [2.75, 3.05) is 14.1 Å². The molecule has 1 aromatic carbocycles. The van der Waals surface area contributed by atoms with Gasteiger partial charge in [0.2, 0.25) is 0 Å². The molecule has 0 aliphatic carbocycles. The highest BCUT2D eigenvalue weighted by Gasteiger charge is 2.20. The molecule has 0 fully saturated rings. The maximum absolute atomic E-state index is 13.0. The van der Waals surface area contributed by atoms with Gasteiger partial charge in [-0.15, -0.1) is 0 Å². The number of rotatable bonds is 3. The number of amides is 1. The van der Waals surface area contributed by atoms with Crippen LogP contribution in [0, 0.1) is 11.6 Å². The zero-order valence-electron chi connectivity index (χ0n) is 9.12. The summed E-state index contributed by atoms with van der Waals surface area (Å²) in [6, 6.07) is 1.03. The molecule has 1 aromatic rings. The van der Waals surface area contributed by atoms with Gasteiger partial charge in [0.1, 0.15) is 0 Å². The van der Waals surface area contributed by atoms with E-state index in [9.17, 15) is 18.4 Å². The van der Waals surface area contributed by atoms with Gasteiger partial charge in [-0.1, -0.05) is 0 Å². The van der Waals surface area contributed by atoms with Crippen LogP contribution in [0.4, 0.5) is 8.78 Å². The zero-order chi connectivity index (χ0) is 13.2. The molecule has 0 radical (unpaired) electrons. The highest BCUT2D eigenvalue weighted by molar-refractivity contribution is 6.04. The molecule has 0 saturated heterocycles. The third kappa shape index (κ3) is 2.97. The van der Waals surface area contributed by atoms with Crippen molar-refractivity contribution in [3.8, 4) is 0 Å². The smallest absolute Gasteiger partial charge is 0.336 e. The first kappa shape index (κ1) is 13.0. The van der Waals surface area contributed by atoms with Gasteiger partial charge in [0.15, 0.2) is 11.6 Å². The van der Waals surface area contributed by atoms with Crippen LogP contribution < -0.4 is 5.43 Å². The third-order valence-corrected chi connectivity index (χ3v) is 1.86. The van der Waals surface area contributed by atoms with Crippen molar-refractivity contribution in [1.82, 2.24) is 10.4 Å². The summed E-state index contributed by atoms with van der Waals surface area (Å²) in [6.45, 7) is 0. The lowest BCUT2D eigenvalue weighted by Gasteiger charge is -2.13. The Labute approximate surface area is 95.6 Å². The summed E-state index contributed by atoms with van der Waals surface area (Å²) in [5.41, 5.74) is 1.21. The van der Waals surface area contributed by atoms with Gasteiger partial charge in [-0.25, -0.2) is 18.6 Å². The van der Waals surface area contributed by atoms with E-state index in [1.165, 1.54) is 19.1 Å². The number of hydrogen-bond donors (Lipinski definition) is 2. The Morgan fingerprint density at radius 1 is 1.18 bits per heavy atom. The maximum atomic E-state index is 13.0. The largest absolute Gasteiger partial charge is 0.478 e. The van der Waals surface area contributed by atoms with Gasteiger partial charge in [-0.2, -0.15) is 0 Å². The van der Waals surface area contributed by atoms with Crippen molar-refractivity contribution in [1.29, 1.82) is 0 Å². The lowest BCUT2D eigenvalue weighted by atomic mass is 10.1. The Kier molecular flexibility index (Phi) is 3.74. The number of carboxylic acid groups (broad SMARTS) is 1. The van der Waals surface area contributed by atoms with E-state index in [0.717, 1.165) is 0 Å². The molecule has 0 aliphatic rings. The van der Waals surface area contributed by atoms with Crippen molar-refractivity contribution in [3.63, 3.8) is 0 Å². The number of nitrogens with zero attached hydrogens (tertiary/aromatic N) is 1. The van der Waals surface area contributed by atoms with Crippen molar-refractivity contribution < 1.29 is 23.5 Å². The summed E-state index contributed by atoms with van der Waals surface area (Å²) in [5, 5.41) is 10.0. The standard InChI is InChI=1S/C10H10F2N2O3/c1-14(2)13-9(15)5-3-7(11)8(12)4-6(5)10(16)17/h3-4H,1-2H3,(H,13,15)(H,16,17). The van der Waals surface area contributed by atoms with Crippen LogP contribution in [0.15, 0.2) is 12.1 Å². The van der Waals surface area contributed by atoms with Crippen molar-refractivity contribution in [2.45, 2.75) is 0 Å². The van der Waals surface area contributed by atoms with Crippen LogP contribution in [0.25, 0.3) is 0 Å². The summed E-state index contributed by atoms with van der Waals surface area (Å²) in [6.07, 6.45) is 0. The van der Waals surface area contributed by atoms with Crippen LogP contribution in [0.3, 0.4) is 0 Å². The Morgan fingerprint density at radius 3 is 2.06 bits per heavy atom. The molecule has 5 nitrogen and oxygen atoms in total. The number of aromatic carboxylic acids is 1. The molecule has 0 bridgehead atoms. The molecule has 1 rings (SSSR count). The van der Waals surface area contributed by atoms with E-state index in [-0.39, 0.29) is 0 Å². The predicted octanol–water partition coefficient (Wildman–Crippen LogP) is 0.869. The first-order valence-corrected chi connectivity index (χ1v) is 4.53. The maximum Gasteiger partial charge on any atom is 0.336 e. The Balaban J connectivity index is 3.26. The second-order valence-corrected chi connectivity index (χ2v) is 3.45. The summed E-state index contributed by atoms with van der Waals surface area (Å²) >= 11 is 0. The second-order valence-electron chi connectivity index (χ2n) is 3.45. The molecule has 0 unspecified atom stereocenters. The van der Waals surface area contributed by atoms with E-state index < -0.39 is 34.6 Å². The molecule has 7 heteroatoms. The van der Waals surface area contributed by atoms with Gasteiger partial charge in [0.05, 0.1) is 11.1 Å². The van der Waals surface area contributed by atoms with Gasteiger partial charge < -0.3 is 5.11 Å². The van der Waals surface area contributed by atoms with Gasteiger partial charge in [0.25, 0.3) is 5.91 Å². The molecule has 0 aliphatic heterocycles. The fourth-order valence-corrected chi connectivity index (χ4v) is 1.17. The molecular weight excluding hydrogens is 234 g/mol. The van der Waals surface area contributed by atoms with Crippen LogP contribution in [0.2, 0.25) is 0 Å². The molecular formula is C10H10F2N2O3. The van der Waals surface area contributed by atoms with E-state index in [1.807, 2.05) is 0 Å². The first-order chi connectivity index (χ1) is 7.82. The van der Waals surface area contributed by atoms with Gasteiger partial charge in [-0.3, -0.25) is 10.2 Å². The highest BCUT2D eigenvalue weighted by atomic mass is 19.2. The number of carbonyl (C=O) groups excluding carboxylic acids is 1. The molecule has 0 saturated carbocycles. The zero-order valence-corrected chi connectivity index (χ0v) is 9.12. The summed E-state index contributed by atoms with van der Waals surface area (Å²) in [4.78, 5) is 22.3. The van der Waals surface area contributed by atoms with Crippen LogP contribution in [-0.2, 0) is 0 Å². The Morgan fingerprint density at radius 2 is 1.65 bits per heavy atom. The fourth-order valence-electron chi connectivity index (χ4n) is 1.17. The van der Waals surface area contributed by atoms with Gasteiger partial charge >= 0.3 is 5.97 Å². The van der Waals surface area contributed by atoms with Crippen molar-refractivity contribution >= 4 is 11.9 Å². The number of benzene rings is 1. The van der Waals surface area contributed by atoms with Crippen LogP contribution >= 0.6 is 0 Å². The monoisotopic (exact) mass is 244 g/mol. The van der Waals surface area contributed by atoms with Crippen LogP contribution in [0.5, 0.6) is 0 Å². The van der Waals surface area contributed by atoms with E-state index in [2.05, 4.69) is 5.43 Å². The number of halogens is 2. The number of carbonyl (C=O) groups is 2. The average Bonchev–Trinajstić information content (AvgIpc) is 2.19. The summed E-state index contributed by atoms with van der Waals surface area (Å²) in [5.74, 6) is -4.93. The minimum Gasteiger partial charge on any atom is -0.478 e. The average molecular weight is 244 g/mol. The normalized spacial score (nSPS) is 10.4. The lowest BCUT2D eigenvalue weighted by molar-refractivity contribution is 0.0686. The fraction of sp³-hybridized carbons (Fsp3) is 0.200. The van der Waals surface area contributed by atoms with Crippen LogP contribution in [-0.4, -0.2) is 36.1 Å². The predicted molar refractivity (Wildman–Crippen MR) is 54.5 cm³/mol. The van der Waals surface area contributed by atoms with E-state index in [4.69, 9.17) is 5.11 Å². The van der Waals surface area contributed by atoms with E-state index in [0.29, 0.717) is 12.1 Å². The molecule has 1 amide bonds. The quantitative estimate of drug-likeness (QED) is 0.774. The molecule has 0 heterocycles.